The third kappa shape index (κ3) is 3.71. The molecule has 0 atom stereocenters. The van der Waals surface area contributed by atoms with E-state index in [9.17, 15) is 14.3 Å². The fourth-order valence-corrected chi connectivity index (χ4v) is 2.23. The van der Waals surface area contributed by atoms with E-state index in [1.807, 2.05) is 6.92 Å². The van der Waals surface area contributed by atoms with Crippen LogP contribution in [0.3, 0.4) is 0 Å². The van der Waals surface area contributed by atoms with E-state index < -0.39 is 5.82 Å². The van der Waals surface area contributed by atoms with Crippen molar-refractivity contribution in [3.8, 4) is 5.75 Å². The maximum absolute atomic E-state index is 13.6. The summed E-state index contributed by atoms with van der Waals surface area (Å²) in [5.41, 5.74) is 2.92. The Labute approximate surface area is 128 Å². The number of carbonyl (C=O) groups is 1. The number of nitrogens with one attached hydrogen (secondary N) is 1. The summed E-state index contributed by atoms with van der Waals surface area (Å²) in [6.07, 6.45) is 1.32. The summed E-state index contributed by atoms with van der Waals surface area (Å²) >= 11 is 0. The number of hydrogen-bond acceptors (Lipinski definition) is 4. The minimum Gasteiger partial charge on any atom is -0.490 e. The van der Waals surface area contributed by atoms with Crippen LogP contribution in [0.2, 0.25) is 0 Å². The van der Waals surface area contributed by atoms with Crippen molar-refractivity contribution >= 4 is 5.78 Å². The van der Waals surface area contributed by atoms with Gasteiger partial charge in [0.1, 0.15) is 0 Å². The smallest absolute Gasteiger partial charge is 0.165 e. The first-order valence-corrected chi connectivity index (χ1v) is 7.09. The molecule has 0 saturated heterocycles. The first kappa shape index (κ1) is 16.2. The highest BCUT2D eigenvalue weighted by atomic mass is 19.1. The molecule has 1 heterocycles. The van der Waals surface area contributed by atoms with Gasteiger partial charge in [-0.15, -0.1) is 0 Å². The van der Waals surface area contributed by atoms with E-state index in [0.717, 1.165) is 11.3 Å². The first-order valence-electron chi connectivity index (χ1n) is 7.09. The van der Waals surface area contributed by atoms with Gasteiger partial charge in [-0.25, -0.2) is 4.39 Å². The Morgan fingerprint density at radius 3 is 2.91 bits per heavy atom. The van der Waals surface area contributed by atoms with Crippen LogP contribution in [0.5, 0.6) is 5.75 Å². The van der Waals surface area contributed by atoms with Crippen LogP contribution in [-0.4, -0.2) is 27.7 Å². The number of aromatic amines is 1. The molecule has 2 rings (SSSR count). The van der Waals surface area contributed by atoms with Gasteiger partial charge in [-0.2, -0.15) is 5.10 Å². The number of benzene rings is 1. The summed E-state index contributed by atoms with van der Waals surface area (Å²) in [6.45, 7) is 3.51. The third-order valence-corrected chi connectivity index (χ3v) is 3.48. The summed E-state index contributed by atoms with van der Waals surface area (Å²) in [4.78, 5) is 11.3. The van der Waals surface area contributed by atoms with Gasteiger partial charge in [0.15, 0.2) is 17.3 Å². The number of aliphatic hydroxyl groups is 1. The average Bonchev–Trinajstić information content (AvgIpc) is 2.85. The number of ether oxygens (including phenoxy) is 1. The number of aliphatic hydroxyl groups excluding tert-OH is 1. The number of aromatic nitrogens is 2. The van der Waals surface area contributed by atoms with Crippen LogP contribution in [0, 0.1) is 12.7 Å². The molecule has 22 heavy (non-hydrogen) atoms. The van der Waals surface area contributed by atoms with Gasteiger partial charge in [0, 0.05) is 11.3 Å². The molecule has 0 radical (unpaired) electrons. The zero-order chi connectivity index (χ0) is 16.1. The van der Waals surface area contributed by atoms with Crippen LogP contribution in [0.4, 0.5) is 4.39 Å². The second kappa shape index (κ2) is 7.17. The number of Topliss-reactive ketones (excluding diaryl/α,β-unsaturated/α-hetero) is 1. The summed E-state index contributed by atoms with van der Waals surface area (Å²) in [6, 6.07) is 4.09. The van der Waals surface area contributed by atoms with Crippen molar-refractivity contribution in [2.45, 2.75) is 33.3 Å². The molecule has 1 aromatic carbocycles. The predicted molar refractivity (Wildman–Crippen MR) is 79.5 cm³/mol. The van der Waals surface area contributed by atoms with Crippen LogP contribution < -0.4 is 4.74 Å². The molecule has 5 nitrogen and oxygen atoms in total. The normalized spacial score (nSPS) is 10.7. The molecule has 0 fully saturated rings. The SMILES string of the molecule is CC(=O)c1ccc(F)c(OCCCc2c(CO)n[nH]c2C)c1. The molecule has 2 N–H and O–H groups in total. The molecule has 0 aliphatic rings. The van der Waals surface area contributed by atoms with Gasteiger partial charge in [-0.3, -0.25) is 9.89 Å². The quantitative estimate of drug-likeness (QED) is 0.609. The highest BCUT2D eigenvalue weighted by Gasteiger charge is 2.10. The molecule has 0 aliphatic carbocycles. The maximum atomic E-state index is 13.6. The molecule has 0 unspecified atom stereocenters. The average molecular weight is 306 g/mol. The van der Waals surface area contributed by atoms with Crippen molar-refractivity contribution in [1.29, 1.82) is 0 Å². The molecular formula is C16H19FN2O3. The zero-order valence-electron chi connectivity index (χ0n) is 12.6. The van der Waals surface area contributed by atoms with E-state index in [-0.39, 0.29) is 18.1 Å². The van der Waals surface area contributed by atoms with E-state index in [2.05, 4.69) is 10.2 Å². The number of ketones is 1. The summed E-state index contributed by atoms with van der Waals surface area (Å²) in [5.74, 6) is -0.536. The Morgan fingerprint density at radius 2 is 2.23 bits per heavy atom. The highest BCUT2D eigenvalue weighted by Crippen LogP contribution is 2.20. The van der Waals surface area contributed by atoms with Crippen LogP contribution in [0.25, 0.3) is 0 Å². The number of carbonyl (C=O) groups excluding carboxylic acids is 1. The van der Waals surface area contributed by atoms with Gasteiger partial charge >= 0.3 is 0 Å². The van der Waals surface area contributed by atoms with Gasteiger partial charge in [-0.05, 0) is 50.5 Å². The van der Waals surface area contributed by atoms with E-state index in [0.29, 0.717) is 30.7 Å². The summed E-state index contributed by atoms with van der Waals surface area (Å²) in [7, 11) is 0. The minimum absolute atomic E-state index is 0.0824. The molecule has 1 aromatic heterocycles. The van der Waals surface area contributed by atoms with Crippen molar-refractivity contribution in [3.63, 3.8) is 0 Å². The van der Waals surface area contributed by atoms with Crippen LogP contribution in [-0.2, 0) is 13.0 Å². The third-order valence-electron chi connectivity index (χ3n) is 3.48. The maximum Gasteiger partial charge on any atom is 0.165 e. The molecule has 2 aromatic rings. The highest BCUT2D eigenvalue weighted by molar-refractivity contribution is 5.94. The molecule has 118 valence electrons. The van der Waals surface area contributed by atoms with Crippen molar-refractivity contribution in [3.05, 3.63) is 46.5 Å². The van der Waals surface area contributed by atoms with Gasteiger partial charge in [0.25, 0.3) is 0 Å². The topological polar surface area (TPSA) is 75.2 Å². The summed E-state index contributed by atoms with van der Waals surface area (Å²) < 4.78 is 19.1. The van der Waals surface area contributed by atoms with Crippen molar-refractivity contribution < 1.29 is 19.0 Å². The van der Waals surface area contributed by atoms with Crippen molar-refractivity contribution in [1.82, 2.24) is 10.2 Å². The Balaban J connectivity index is 1.93. The number of aryl methyl sites for hydroxylation is 1. The Kier molecular flexibility index (Phi) is 5.27. The second-order valence-electron chi connectivity index (χ2n) is 5.09. The Morgan fingerprint density at radius 1 is 1.45 bits per heavy atom. The van der Waals surface area contributed by atoms with Gasteiger partial charge in [0.2, 0.25) is 0 Å². The fraction of sp³-hybridized carbons (Fsp3) is 0.375. The second-order valence-corrected chi connectivity index (χ2v) is 5.09. The van der Waals surface area contributed by atoms with Gasteiger partial charge < -0.3 is 9.84 Å². The van der Waals surface area contributed by atoms with Crippen molar-refractivity contribution in [2.24, 2.45) is 0 Å². The fourth-order valence-electron chi connectivity index (χ4n) is 2.23. The van der Waals surface area contributed by atoms with Crippen molar-refractivity contribution in [2.75, 3.05) is 6.61 Å². The number of hydrogen-bond donors (Lipinski definition) is 2. The first-order chi connectivity index (χ1) is 10.5. The van der Waals surface area contributed by atoms with Gasteiger partial charge in [0.05, 0.1) is 18.9 Å². The summed E-state index contributed by atoms with van der Waals surface area (Å²) in [5, 5.41) is 16.0. The lowest BCUT2D eigenvalue weighted by molar-refractivity contribution is 0.101. The minimum atomic E-state index is -0.486. The molecule has 6 heteroatoms. The number of nitrogens with zero attached hydrogens (tertiary/aromatic N) is 1. The largest absolute Gasteiger partial charge is 0.490 e. The Bertz CT molecular complexity index is 667. The standard InChI is InChI=1S/C16H19FN2O3/c1-10-13(15(9-20)19-18-10)4-3-7-22-16-8-12(11(2)21)5-6-14(16)17/h5-6,8,20H,3-4,7,9H2,1-2H3,(H,18,19). The number of halogens is 1. The molecule has 0 spiro atoms. The lowest BCUT2D eigenvalue weighted by Crippen LogP contribution is -2.04. The zero-order valence-corrected chi connectivity index (χ0v) is 12.6. The molecule has 0 bridgehead atoms. The number of rotatable bonds is 7. The molecular weight excluding hydrogens is 287 g/mol. The molecule has 0 aliphatic heterocycles. The van der Waals surface area contributed by atoms with Crippen LogP contribution in [0.15, 0.2) is 18.2 Å². The van der Waals surface area contributed by atoms with E-state index in [4.69, 9.17) is 4.74 Å². The predicted octanol–water partition coefficient (Wildman–Crippen LogP) is 2.56. The molecule has 0 saturated carbocycles. The van der Waals surface area contributed by atoms with Gasteiger partial charge in [-0.1, -0.05) is 0 Å². The van der Waals surface area contributed by atoms with E-state index in [1.54, 1.807) is 0 Å². The Hall–Kier alpha value is -2.21. The van der Waals surface area contributed by atoms with Crippen LogP contribution in [0.1, 0.15) is 40.7 Å². The lowest BCUT2D eigenvalue weighted by atomic mass is 10.1. The number of H-pyrrole nitrogens is 1. The van der Waals surface area contributed by atoms with Crippen LogP contribution >= 0.6 is 0 Å². The van der Waals surface area contributed by atoms with E-state index >= 15 is 0 Å². The van der Waals surface area contributed by atoms with E-state index in [1.165, 1.54) is 25.1 Å². The molecule has 0 amide bonds. The monoisotopic (exact) mass is 306 g/mol. The lowest BCUT2D eigenvalue weighted by Gasteiger charge is -2.08.